The number of nitrogens with two attached hydrogens (primary N) is 1. The molecule has 6 nitrogen and oxygen atoms in total. The summed E-state index contributed by atoms with van der Waals surface area (Å²) in [6.45, 7) is 1.91. The highest BCUT2D eigenvalue weighted by molar-refractivity contribution is 5.93. The molecule has 0 saturated carbocycles. The van der Waals surface area contributed by atoms with E-state index in [9.17, 15) is 4.79 Å². The maximum absolute atomic E-state index is 11.1. The van der Waals surface area contributed by atoms with Crippen LogP contribution in [0.3, 0.4) is 0 Å². The van der Waals surface area contributed by atoms with E-state index in [0.29, 0.717) is 17.0 Å². The maximum Gasteiger partial charge on any atom is 0.356 e. The fraction of sp³-hybridized carbons (Fsp3) is 0.273. The normalized spacial score (nSPS) is 12.8. The first-order valence-corrected chi connectivity index (χ1v) is 5.22. The average Bonchev–Trinajstić information content (AvgIpc) is 2.66. The molecule has 2 rings (SSSR count). The van der Waals surface area contributed by atoms with Crippen LogP contribution >= 0.6 is 0 Å². The summed E-state index contributed by atoms with van der Waals surface area (Å²) in [4.78, 5) is 15.2. The van der Waals surface area contributed by atoms with Crippen molar-refractivity contribution in [1.29, 1.82) is 0 Å². The molecule has 17 heavy (non-hydrogen) atoms. The molecule has 0 bridgehead atoms. The van der Waals surface area contributed by atoms with Crippen molar-refractivity contribution in [2.45, 2.75) is 13.0 Å². The minimum atomic E-state index is -1.04. The molecule has 0 aliphatic rings. The third-order valence-electron chi connectivity index (χ3n) is 2.71. The summed E-state index contributed by atoms with van der Waals surface area (Å²) in [5, 5.41) is 12.1. The number of anilines is 1. The zero-order valence-electron chi connectivity index (χ0n) is 9.64. The molecule has 2 aromatic rings. The van der Waals surface area contributed by atoms with Crippen molar-refractivity contribution < 1.29 is 9.90 Å². The van der Waals surface area contributed by atoms with Gasteiger partial charge in [-0.15, -0.1) is 0 Å². The number of hydrogen-bond acceptors (Lipinski definition) is 4. The second-order valence-electron chi connectivity index (χ2n) is 3.85. The Morgan fingerprint density at radius 2 is 2.29 bits per heavy atom. The molecule has 0 fully saturated rings. The number of rotatable bonds is 3. The van der Waals surface area contributed by atoms with Crippen LogP contribution in [-0.4, -0.2) is 27.5 Å². The number of aromatic nitrogens is 2. The number of carboxylic acids is 1. The van der Waals surface area contributed by atoms with Gasteiger partial charge in [0.05, 0.1) is 11.6 Å². The molecule has 0 aromatic carbocycles. The van der Waals surface area contributed by atoms with E-state index in [0.717, 1.165) is 0 Å². The first kappa shape index (κ1) is 11.4. The van der Waals surface area contributed by atoms with Gasteiger partial charge >= 0.3 is 5.97 Å². The highest BCUT2D eigenvalue weighted by Crippen LogP contribution is 2.20. The number of nitrogens with one attached hydrogen (secondary N) is 1. The predicted molar refractivity (Wildman–Crippen MR) is 64.0 cm³/mol. The first-order chi connectivity index (χ1) is 8.04. The van der Waals surface area contributed by atoms with Crippen LogP contribution in [0.1, 0.15) is 29.3 Å². The number of hydrogen-bond donors (Lipinski definition) is 3. The third-order valence-corrected chi connectivity index (χ3v) is 2.71. The van der Waals surface area contributed by atoms with Crippen LogP contribution in [0.25, 0.3) is 5.52 Å². The van der Waals surface area contributed by atoms with Gasteiger partial charge in [-0.05, 0) is 26.1 Å². The topological polar surface area (TPSA) is 92.6 Å². The van der Waals surface area contributed by atoms with Crippen LogP contribution in [-0.2, 0) is 0 Å². The summed E-state index contributed by atoms with van der Waals surface area (Å²) in [5.41, 5.74) is 6.86. The van der Waals surface area contributed by atoms with E-state index in [4.69, 9.17) is 10.8 Å². The minimum absolute atomic E-state index is 0.0436. The van der Waals surface area contributed by atoms with Gasteiger partial charge in [0.25, 0.3) is 0 Å². The Morgan fingerprint density at radius 1 is 1.59 bits per heavy atom. The second kappa shape index (κ2) is 4.06. The first-order valence-electron chi connectivity index (χ1n) is 5.22. The smallest absolute Gasteiger partial charge is 0.356 e. The Bertz CT molecular complexity index is 576. The van der Waals surface area contributed by atoms with Gasteiger partial charge in [-0.1, -0.05) is 0 Å². The fourth-order valence-corrected chi connectivity index (χ4v) is 1.72. The van der Waals surface area contributed by atoms with Crippen LogP contribution < -0.4 is 11.1 Å². The predicted octanol–water partition coefficient (Wildman–Crippen LogP) is 0.895. The van der Waals surface area contributed by atoms with Crippen LogP contribution in [0.4, 0.5) is 5.69 Å². The van der Waals surface area contributed by atoms with Gasteiger partial charge < -0.3 is 16.2 Å². The summed E-state index contributed by atoms with van der Waals surface area (Å²) in [5.74, 6) is -0.408. The number of carboxylic acid groups (broad SMARTS) is 1. The number of imidazole rings is 1. The number of fused-ring (bicyclic) bond motifs is 1. The van der Waals surface area contributed by atoms with E-state index in [1.165, 1.54) is 0 Å². The van der Waals surface area contributed by atoms with E-state index < -0.39 is 5.97 Å². The molecule has 1 unspecified atom stereocenters. The number of pyridine rings is 1. The van der Waals surface area contributed by atoms with E-state index in [1.54, 1.807) is 29.8 Å². The lowest BCUT2D eigenvalue weighted by Crippen LogP contribution is -2.15. The summed E-state index contributed by atoms with van der Waals surface area (Å²) >= 11 is 0. The maximum atomic E-state index is 11.1. The Balaban J connectivity index is 2.75. The SMILES string of the molecule is CNC(C)c1nc(C(=O)O)c2ccc(N)cn12. The number of carbonyl (C=O) groups is 1. The minimum Gasteiger partial charge on any atom is -0.476 e. The van der Waals surface area contributed by atoms with E-state index >= 15 is 0 Å². The van der Waals surface area contributed by atoms with E-state index in [2.05, 4.69) is 10.3 Å². The molecule has 0 saturated heterocycles. The molecular weight excluding hydrogens is 220 g/mol. The lowest BCUT2D eigenvalue weighted by molar-refractivity contribution is 0.0693. The number of nitrogen functional groups attached to an aromatic ring is 1. The van der Waals surface area contributed by atoms with Crippen LogP contribution in [0.5, 0.6) is 0 Å². The molecule has 0 radical (unpaired) electrons. The molecule has 4 N–H and O–H groups in total. The van der Waals surface area contributed by atoms with E-state index in [-0.39, 0.29) is 11.7 Å². The zero-order chi connectivity index (χ0) is 12.6. The number of nitrogens with zero attached hydrogens (tertiary/aromatic N) is 2. The Hall–Kier alpha value is -2.08. The Kier molecular flexibility index (Phi) is 2.72. The Morgan fingerprint density at radius 3 is 2.88 bits per heavy atom. The monoisotopic (exact) mass is 234 g/mol. The van der Waals surface area contributed by atoms with Crippen molar-refractivity contribution in [2.75, 3.05) is 12.8 Å². The molecule has 90 valence electrons. The third kappa shape index (κ3) is 1.83. The lowest BCUT2D eigenvalue weighted by Gasteiger charge is -2.08. The molecule has 0 amide bonds. The van der Waals surface area contributed by atoms with Gasteiger partial charge in [-0.25, -0.2) is 9.78 Å². The fourth-order valence-electron chi connectivity index (χ4n) is 1.72. The van der Waals surface area contributed by atoms with Crippen molar-refractivity contribution in [1.82, 2.24) is 14.7 Å². The van der Waals surface area contributed by atoms with Gasteiger partial charge in [0, 0.05) is 11.9 Å². The van der Waals surface area contributed by atoms with Crippen molar-refractivity contribution >= 4 is 17.2 Å². The Labute approximate surface area is 98.1 Å². The van der Waals surface area contributed by atoms with Crippen molar-refractivity contribution in [2.24, 2.45) is 0 Å². The number of aromatic carboxylic acids is 1. The highest BCUT2D eigenvalue weighted by atomic mass is 16.4. The van der Waals surface area contributed by atoms with Crippen LogP contribution in [0.2, 0.25) is 0 Å². The molecule has 1 atom stereocenters. The molecule has 2 aromatic heterocycles. The van der Waals surface area contributed by atoms with Crippen LogP contribution in [0.15, 0.2) is 18.3 Å². The standard InChI is InChI=1S/C11H14N4O2/c1-6(13-2)10-14-9(11(16)17)8-4-3-7(12)5-15(8)10/h3-6,13H,12H2,1-2H3,(H,16,17). The van der Waals surface area contributed by atoms with Crippen molar-refractivity contribution in [3.63, 3.8) is 0 Å². The molecule has 0 spiro atoms. The van der Waals surface area contributed by atoms with Crippen LogP contribution in [0, 0.1) is 0 Å². The zero-order valence-corrected chi connectivity index (χ0v) is 9.64. The quantitative estimate of drug-likeness (QED) is 0.733. The van der Waals surface area contributed by atoms with E-state index in [1.807, 2.05) is 6.92 Å². The van der Waals surface area contributed by atoms with Gasteiger partial charge in [0.1, 0.15) is 5.82 Å². The van der Waals surface area contributed by atoms with Crippen molar-refractivity contribution in [3.05, 3.63) is 29.8 Å². The largest absolute Gasteiger partial charge is 0.476 e. The molecule has 0 aliphatic heterocycles. The highest BCUT2D eigenvalue weighted by Gasteiger charge is 2.19. The lowest BCUT2D eigenvalue weighted by atomic mass is 10.3. The van der Waals surface area contributed by atoms with Gasteiger partial charge in [-0.3, -0.25) is 4.40 Å². The summed E-state index contributed by atoms with van der Waals surface area (Å²) in [6.07, 6.45) is 1.68. The second-order valence-corrected chi connectivity index (χ2v) is 3.85. The average molecular weight is 234 g/mol. The molecular formula is C11H14N4O2. The summed E-state index contributed by atoms with van der Waals surface area (Å²) < 4.78 is 1.71. The van der Waals surface area contributed by atoms with Gasteiger partial charge in [0.2, 0.25) is 0 Å². The molecule has 0 aliphatic carbocycles. The van der Waals surface area contributed by atoms with Gasteiger partial charge in [0.15, 0.2) is 5.69 Å². The molecule has 2 heterocycles. The van der Waals surface area contributed by atoms with Gasteiger partial charge in [-0.2, -0.15) is 0 Å². The molecule has 6 heteroatoms. The van der Waals surface area contributed by atoms with Crippen molar-refractivity contribution in [3.8, 4) is 0 Å². The summed E-state index contributed by atoms with van der Waals surface area (Å²) in [6, 6.07) is 3.27. The summed E-state index contributed by atoms with van der Waals surface area (Å²) in [7, 11) is 1.79.